The van der Waals surface area contributed by atoms with Gasteiger partial charge in [-0.25, -0.2) is 14.6 Å². The lowest BCUT2D eigenvalue weighted by Crippen LogP contribution is -2.24. The van der Waals surface area contributed by atoms with Crippen molar-refractivity contribution in [2.24, 2.45) is 0 Å². The molecule has 1 aromatic heterocycles. The summed E-state index contributed by atoms with van der Waals surface area (Å²) in [6.07, 6.45) is 0. The van der Waals surface area contributed by atoms with Gasteiger partial charge in [0.2, 0.25) is 0 Å². The average molecular weight is 490 g/mol. The lowest BCUT2D eigenvalue weighted by Gasteiger charge is -2.15. The van der Waals surface area contributed by atoms with Crippen LogP contribution in [0.3, 0.4) is 0 Å². The van der Waals surface area contributed by atoms with E-state index < -0.39 is 11.4 Å². The zero-order valence-electron chi connectivity index (χ0n) is 20.3. The number of amides is 1. The van der Waals surface area contributed by atoms with Crippen molar-refractivity contribution in [3.8, 4) is 22.6 Å². The van der Waals surface area contributed by atoms with E-state index in [4.69, 9.17) is 14.0 Å². The van der Waals surface area contributed by atoms with Gasteiger partial charge in [-0.2, -0.15) is 0 Å². The molecule has 0 aliphatic carbocycles. The van der Waals surface area contributed by atoms with Crippen LogP contribution in [0.4, 0.5) is 0 Å². The molecule has 3 aromatic carbocycles. The second-order valence-electron chi connectivity index (χ2n) is 8.31. The van der Waals surface area contributed by atoms with Crippen LogP contribution < -0.4 is 26.2 Å². The summed E-state index contributed by atoms with van der Waals surface area (Å²) < 4.78 is 17.3. The molecule has 9 heteroatoms. The first-order valence-corrected chi connectivity index (χ1v) is 11.4. The smallest absolute Gasteiger partial charge is 0.440 e. The highest BCUT2D eigenvalue weighted by Crippen LogP contribution is 2.31. The minimum Gasteiger partial charge on any atom is -0.489 e. The van der Waals surface area contributed by atoms with Crippen molar-refractivity contribution in [1.29, 1.82) is 0 Å². The predicted octanol–water partition coefficient (Wildman–Crippen LogP) is 3.17. The quantitative estimate of drug-likeness (QED) is 0.373. The molecule has 1 heterocycles. The zero-order valence-corrected chi connectivity index (χ0v) is 20.3. The van der Waals surface area contributed by atoms with Gasteiger partial charge >= 0.3 is 11.4 Å². The summed E-state index contributed by atoms with van der Waals surface area (Å²) in [7, 11) is 1.57. The van der Waals surface area contributed by atoms with Crippen molar-refractivity contribution in [3.63, 3.8) is 0 Å². The van der Waals surface area contributed by atoms with Crippen molar-refractivity contribution in [3.05, 3.63) is 104 Å². The number of H-pyrrole nitrogens is 1. The number of carbonyl (C=O) groups excluding carboxylic acids is 1. The lowest BCUT2D eigenvalue weighted by molar-refractivity contribution is -0.122. The maximum absolute atomic E-state index is 11.6. The van der Waals surface area contributed by atoms with Crippen molar-refractivity contribution >= 4 is 5.91 Å². The minimum absolute atomic E-state index is 0.0246. The Hall–Kier alpha value is -4.53. The third kappa shape index (κ3) is 5.75. The van der Waals surface area contributed by atoms with E-state index in [1.165, 1.54) is 0 Å². The first kappa shape index (κ1) is 24.6. The molecule has 1 amide bonds. The molecule has 0 fully saturated rings. The molecule has 36 heavy (non-hydrogen) atoms. The van der Waals surface area contributed by atoms with Gasteiger partial charge in [0.05, 0.1) is 6.54 Å². The first-order chi connectivity index (χ1) is 17.3. The second kappa shape index (κ2) is 10.8. The van der Waals surface area contributed by atoms with Gasteiger partial charge in [0.1, 0.15) is 18.1 Å². The van der Waals surface area contributed by atoms with E-state index >= 15 is 0 Å². The van der Waals surface area contributed by atoms with E-state index in [-0.39, 0.29) is 19.1 Å². The Bertz CT molecular complexity index is 1480. The molecule has 9 nitrogen and oxygen atoms in total. The number of ether oxygens (including phenoxy) is 2. The summed E-state index contributed by atoms with van der Waals surface area (Å²) in [4.78, 5) is 36.2. The van der Waals surface area contributed by atoms with Gasteiger partial charge in [-0.15, -0.1) is 4.74 Å². The molecule has 4 rings (SSSR count). The van der Waals surface area contributed by atoms with Gasteiger partial charge < -0.3 is 19.3 Å². The highest BCUT2D eigenvalue weighted by molar-refractivity contribution is 5.77. The predicted molar refractivity (Wildman–Crippen MR) is 134 cm³/mol. The minimum atomic E-state index is -0.780. The van der Waals surface area contributed by atoms with Crippen molar-refractivity contribution in [2.75, 3.05) is 13.7 Å². The van der Waals surface area contributed by atoms with Gasteiger partial charge in [0.25, 0.3) is 5.91 Å². The summed E-state index contributed by atoms with van der Waals surface area (Å²) in [5.41, 5.74) is 5.59. The largest absolute Gasteiger partial charge is 0.489 e. The maximum atomic E-state index is 11.6. The van der Waals surface area contributed by atoms with Crippen LogP contribution >= 0.6 is 0 Å². The highest BCUT2D eigenvalue weighted by Gasteiger charge is 2.11. The Morgan fingerprint density at radius 3 is 2.39 bits per heavy atom. The fourth-order valence-electron chi connectivity index (χ4n) is 3.82. The number of benzene rings is 3. The van der Waals surface area contributed by atoms with Crippen LogP contribution in [-0.4, -0.2) is 29.3 Å². The third-order valence-corrected chi connectivity index (χ3v) is 5.86. The molecule has 0 aliphatic rings. The van der Waals surface area contributed by atoms with Gasteiger partial charge in [-0.1, -0.05) is 36.4 Å². The van der Waals surface area contributed by atoms with Gasteiger partial charge in [-0.3, -0.25) is 4.79 Å². The van der Waals surface area contributed by atoms with Crippen molar-refractivity contribution in [2.45, 2.75) is 27.0 Å². The Kier molecular flexibility index (Phi) is 7.39. The maximum Gasteiger partial charge on any atom is 0.440 e. The molecule has 0 saturated heterocycles. The molecular weight excluding hydrogens is 462 g/mol. The molecule has 0 spiro atoms. The van der Waals surface area contributed by atoms with Crippen LogP contribution in [0.2, 0.25) is 0 Å². The third-order valence-electron chi connectivity index (χ3n) is 5.86. The number of likely N-dealkylation sites (N-methyl/N-ethyl adjacent to an activating group) is 1. The van der Waals surface area contributed by atoms with Crippen LogP contribution in [0.15, 0.2) is 74.8 Å². The number of carbonyl (C=O) groups is 1. The fourth-order valence-corrected chi connectivity index (χ4v) is 3.82. The Morgan fingerprint density at radius 2 is 1.72 bits per heavy atom. The molecule has 0 atom stereocenters. The topological polar surface area (TPSA) is 116 Å². The van der Waals surface area contributed by atoms with Gasteiger partial charge in [0, 0.05) is 7.05 Å². The summed E-state index contributed by atoms with van der Waals surface area (Å²) in [5, 5.41) is 2.54. The van der Waals surface area contributed by atoms with E-state index in [1.807, 2.05) is 61.5 Å². The molecule has 0 saturated carbocycles. The second-order valence-corrected chi connectivity index (χ2v) is 8.31. The van der Waals surface area contributed by atoms with E-state index in [0.29, 0.717) is 18.1 Å². The summed E-state index contributed by atoms with van der Waals surface area (Å²) in [5.74, 6) is 0.363. The number of nitrogens with one attached hydrogen (secondary N) is 2. The molecular formula is C27H27N3O6. The van der Waals surface area contributed by atoms with Crippen LogP contribution in [0.5, 0.6) is 11.5 Å². The van der Waals surface area contributed by atoms with E-state index in [0.717, 1.165) is 38.1 Å². The normalized spacial score (nSPS) is 10.8. The SMILES string of the molecule is CNC(=O)COc1ccc(-c2cccc(COc3ccc(Cn4oc(=O)[nH]c4=O)cc3)c2C)c(C)c1. The van der Waals surface area contributed by atoms with Crippen LogP contribution in [-0.2, 0) is 17.9 Å². The number of aromatic amines is 1. The van der Waals surface area contributed by atoms with Crippen molar-refractivity contribution in [1.82, 2.24) is 15.0 Å². The van der Waals surface area contributed by atoms with E-state index in [9.17, 15) is 14.4 Å². The molecule has 186 valence electrons. The number of aryl methyl sites for hydroxylation is 1. The Labute approximate surface area is 207 Å². The molecule has 4 aromatic rings. The van der Waals surface area contributed by atoms with Gasteiger partial charge in [0.15, 0.2) is 6.61 Å². The first-order valence-electron chi connectivity index (χ1n) is 11.4. The number of nitrogens with zero attached hydrogens (tertiary/aromatic N) is 1. The lowest BCUT2D eigenvalue weighted by atomic mass is 9.94. The van der Waals surface area contributed by atoms with Crippen LogP contribution in [0, 0.1) is 13.8 Å². The molecule has 0 bridgehead atoms. The highest BCUT2D eigenvalue weighted by atomic mass is 16.5. The monoisotopic (exact) mass is 489 g/mol. The number of rotatable bonds is 9. The Morgan fingerprint density at radius 1 is 0.972 bits per heavy atom. The molecule has 0 radical (unpaired) electrons. The number of hydrogen-bond donors (Lipinski definition) is 2. The zero-order chi connectivity index (χ0) is 25.7. The average Bonchev–Trinajstić information content (AvgIpc) is 3.19. The van der Waals surface area contributed by atoms with E-state index in [1.54, 1.807) is 7.05 Å². The molecule has 0 aliphatic heterocycles. The molecule has 2 N–H and O–H groups in total. The molecule has 0 unspecified atom stereocenters. The summed E-state index contributed by atoms with van der Waals surface area (Å²) in [6.45, 7) is 4.59. The van der Waals surface area contributed by atoms with Crippen molar-refractivity contribution < 1.29 is 18.8 Å². The number of hydrogen-bond acceptors (Lipinski definition) is 6. The fraction of sp³-hybridized carbons (Fsp3) is 0.222. The van der Waals surface area contributed by atoms with Crippen LogP contribution in [0.1, 0.15) is 22.3 Å². The Balaban J connectivity index is 1.43. The van der Waals surface area contributed by atoms with Crippen LogP contribution in [0.25, 0.3) is 11.1 Å². The van der Waals surface area contributed by atoms with Gasteiger partial charge in [-0.05, 0) is 71.5 Å². The van der Waals surface area contributed by atoms with E-state index in [2.05, 4.69) is 23.3 Å². The standard InChI is InChI=1S/C27H27N3O6/c1-17-13-22(35-16-25(31)28-3)11-12-23(17)24-6-4-5-20(18(24)2)15-34-21-9-7-19(8-10-21)14-30-26(32)29-27(33)36-30/h4-13H,14-16H2,1-3H3,(H,28,31)(H,29,32,33). The summed E-state index contributed by atoms with van der Waals surface area (Å²) in [6, 6.07) is 19.1. The number of aromatic nitrogens is 2. The summed E-state index contributed by atoms with van der Waals surface area (Å²) >= 11 is 0.